The molecule has 1 unspecified atom stereocenters. The lowest BCUT2D eigenvalue weighted by Gasteiger charge is -2.38. The van der Waals surface area contributed by atoms with Crippen LogP contribution in [-0.2, 0) is 0 Å². The van der Waals surface area contributed by atoms with Crippen LogP contribution in [0.25, 0.3) is 0 Å². The molecule has 0 spiro atoms. The summed E-state index contributed by atoms with van der Waals surface area (Å²) in [4.78, 5) is 15.2. The standard InChI is InChI=1S/C14H17FN2O/c15-13-8-11(10-18)3-4-14(13)17-7-6-16-5-1-2-12(16)9-17/h3-4,8,10,12H,1-2,5-7,9H2. The Morgan fingerprint density at radius 3 is 2.94 bits per heavy atom. The molecule has 2 saturated heterocycles. The summed E-state index contributed by atoms with van der Waals surface area (Å²) < 4.78 is 14.0. The average Bonchev–Trinajstić information content (AvgIpc) is 2.85. The SMILES string of the molecule is O=Cc1ccc(N2CCN3CCCC3C2)c(F)c1. The van der Waals surface area contributed by atoms with Crippen LogP contribution in [0.15, 0.2) is 18.2 Å². The summed E-state index contributed by atoms with van der Waals surface area (Å²) in [5, 5.41) is 0. The summed E-state index contributed by atoms with van der Waals surface area (Å²) in [6.07, 6.45) is 3.15. The number of piperazine rings is 1. The molecule has 2 aliphatic rings. The highest BCUT2D eigenvalue weighted by Gasteiger charge is 2.31. The Morgan fingerprint density at radius 2 is 2.17 bits per heavy atom. The quantitative estimate of drug-likeness (QED) is 0.747. The van der Waals surface area contributed by atoms with Gasteiger partial charge in [-0.15, -0.1) is 0 Å². The van der Waals surface area contributed by atoms with E-state index in [0.29, 0.717) is 23.6 Å². The number of nitrogens with zero attached hydrogens (tertiary/aromatic N) is 2. The van der Waals surface area contributed by atoms with E-state index in [-0.39, 0.29) is 5.82 Å². The number of rotatable bonds is 2. The molecular weight excluding hydrogens is 231 g/mol. The fourth-order valence-electron chi connectivity index (χ4n) is 3.06. The number of benzene rings is 1. The first-order chi connectivity index (χ1) is 8.78. The van der Waals surface area contributed by atoms with Gasteiger partial charge in [0.2, 0.25) is 0 Å². The van der Waals surface area contributed by atoms with Gasteiger partial charge in [-0.05, 0) is 37.6 Å². The van der Waals surface area contributed by atoms with Crippen molar-refractivity contribution in [3.8, 4) is 0 Å². The predicted octanol–water partition coefficient (Wildman–Crippen LogP) is 1.92. The Bertz CT molecular complexity index is 463. The molecule has 1 atom stereocenters. The number of anilines is 1. The van der Waals surface area contributed by atoms with Crippen LogP contribution in [-0.4, -0.2) is 43.4 Å². The molecule has 0 saturated carbocycles. The van der Waals surface area contributed by atoms with Crippen LogP contribution in [0.5, 0.6) is 0 Å². The monoisotopic (exact) mass is 248 g/mol. The maximum Gasteiger partial charge on any atom is 0.150 e. The van der Waals surface area contributed by atoms with Gasteiger partial charge in [0, 0.05) is 31.2 Å². The van der Waals surface area contributed by atoms with Crippen LogP contribution in [0.2, 0.25) is 0 Å². The largest absolute Gasteiger partial charge is 0.366 e. The van der Waals surface area contributed by atoms with E-state index >= 15 is 0 Å². The Hall–Kier alpha value is -1.42. The lowest BCUT2D eigenvalue weighted by atomic mass is 10.1. The van der Waals surface area contributed by atoms with Crippen LogP contribution >= 0.6 is 0 Å². The fraction of sp³-hybridized carbons (Fsp3) is 0.500. The first kappa shape index (κ1) is 11.7. The van der Waals surface area contributed by atoms with Gasteiger partial charge in [-0.3, -0.25) is 9.69 Å². The molecule has 1 aromatic rings. The van der Waals surface area contributed by atoms with Crippen molar-refractivity contribution in [3.05, 3.63) is 29.6 Å². The van der Waals surface area contributed by atoms with Gasteiger partial charge in [0.15, 0.2) is 0 Å². The van der Waals surface area contributed by atoms with E-state index in [2.05, 4.69) is 9.80 Å². The summed E-state index contributed by atoms with van der Waals surface area (Å²) in [6, 6.07) is 5.31. The first-order valence-electron chi connectivity index (χ1n) is 6.51. The zero-order valence-electron chi connectivity index (χ0n) is 10.3. The molecule has 3 rings (SSSR count). The minimum Gasteiger partial charge on any atom is -0.366 e. The van der Waals surface area contributed by atoms with Crippen LogP contribution < -0.4 is 4.90 Å². The molecule has 0 bridgehead atoms. The lowest BCUT2D eigenvalue weighted by Crippen LogP contribution is -2.50. The lowest BCUT2D eigenvalue weighted by molar-refractivity contribution is 0.112. The molecule has 4 heteroatoms. The fourth-order valence-corrected chi connectivity index (χ4v) is 3.06. The molecule has 1 aromatic carbocycles. The predicted molar refractivity (Wildman–Crippen MR) is 68.6 cm³/mol. The Morgan fingerprint density at radius 1 is 1.28 bits per heavy atom. The van der Waals surface area contributed by atoms with Crippen molar-refractivity contribution in [1.29, 1.82) is 0 Å². The second kappa shape index (κ2) is 4.69. The molecule has 0 radical (unpaired) electrons. The summed E-state index contributed by atoms with van der Waals surface area (Å²) in [6.45, 7) is 3.97. The zero-order valence-corrected chi connectivity index (χ0v) is 10.3. The smallest absolute Gasteiger partial charge is 0.150 e. The van der Waals surface area contributed by atoms with Gasteiger partial charge in [0.25, 0.3) is 0 Å². The van der Waals surface area contributed by atoms with Crippen molar-refractivity contribution in [3.63, 3.8) is 0 Å². The maximum atomic E-state index is 14.0. The molecule has 2 heterocycles. The van der Waals surface area contributed by atoms with Gasteiger partial charge in [-0.25, -0.2) is 4.39 Å². The Labute approximate surface area is 106 Å². The number of fused-ring (bicyclic) bond motifs is 1. The topological polar surface area (TPSA) is 23.6 Å². The number of hydrogen-bond acceptors (Lipinski definition) is 3. The highest BCUT2D eigenvalue weighted by Crippen LogP contribution is 2.27. The van der Waals surface area contributed by atoms with E-state index in [9.17, 15) is 9.18 Å². The molecule has 96 valence electrons. The van der Waals surface area contributed by atoms with Gasteiger partial charge in [0.1, 0.15) is 12.1 Å². The molecule has 2 aliphatic heterocycles. The molecule has 0 aliphatic carbocycles. The summed E-state index contributed by atoms with van der Waals surface area (Å²) in [5.41, 5.74) is 1.03. The van der Waals surface area contributed by atoms with Crippen LogP contribution in [0.1, 0.15) is 23.2 Å². The maximum absolute atomic E-state index is 14.0. The average molecular weight is 248 g/mol. The molecular formula is C14H17FN2O. The zero-order chi connectivity index (χ0) is 12.5. The Kier molecular flexibility index (Phi) is 3.04. The van der Waals surface area contributed by atoms with E-state index in [1.54, 1.807) is 12.1 Å². The van der Waals surface area contributed by atoms with Crippen LogP contribution in [0, 0.1) is 5.82 Å². The van der Waals surface area contributed by atoms with Gasteiger partial charge in [0.05, 0.1) is 5.69 Å². The van der Waals surface area contributed by atoms with Gasteiger partial charge in [-0.2, -0.15) is 0 Å². The normalized spacial score (nSPS) is 24.1. The number of carbonyl (C=O) groups excluding carboxylic acids is 1. The van der Waals surface area contributed by atoms with Crippen molar-refractivity contribution < 1.29 is 9.18 Å². The van der Waals surface area contributed by atoms with Crippen molar-refractivity contribution in [2.45, 2.75) is 18.9 Å². The molecule has 0 aromatic heterocycles. The molecule has 3 nitrogen and oxygen atoms in total. The third-order valence-electron chi connectivity index (χ3n) is 4.04. The van der Waals surface area contributed by atoms with Crippen molar-refractivity contribution in [2.24, 2.45) is 0 Å². The third kappa shape index (κ3) is 2.01. The summed E-state index contributed by atoms with van der Waals surface area (Å²) in [7, 11) is 0. The number of halogens is 1. The van der Waals surface area contributed by atoms with E-state index in [1.807, 2.05) is 0 Å². The van der Waals surface area contributed by atoms with E-state index in [1.165, 1.54) is 25.5 Å². The highest BCUT2D eigenvalue weighted by atomic mass is 19.1. The molecule has 18 heavy (non-hydrogen) atoms. The number of aldehydes is 1. The molecule has 2 fully saturated rings. The van der Waals surface area contributed by atoms with Crippen LogP contribution in [0.4, 0.5) is 10.1 Å². The number of carbonyl (C=O) groups is 1. The first-order valence-corrected chi connectivity index (χ1v) is 6.51. The van der Waals surface area contributed by atoms with Gasteiger partial charge in [-0.1, -0.05) is 0 Å². The highest BCUT2D eigenvalue weighted by molar-refractivity contribution is 5.76. The number of hydrogen-bond donors (Lipinski definition) is 0. The summed E-state index contributed by atoms with van der Waals surface area (Å²) in [5.74, 6) is -0.286. The minimum atomic E-state index is -0.286. The minimum absolute atomic E-state index is 0.286. The van der Waals surface area contributed by atoms with Crippen molar-refractivity contribution >= 4 is 12.0 Å². The van der Waals surface area contributed by atoms with Crippen LogP contribution in [0.3, 0.4) is 0 Å². The third-order valence-corrected chi connectivity index (χ3v) is 4.04. The van der Waals surface area contributed by atoms with Gasteiger partial charge >= 0.3 is 0 Å². The van der Waals surface area contributed by atoms with Gasteiger partial charge < -0.3 is 4.90 Å². The second-order valence-corrected chi connectivity index (χ2v) is 5.11. The van der Waals surface area contributed by atoms with Crippen molar-refractivity contribution in [2.75, 3.05) is 31.1 Å². The summed E-state index contributed by atoms with van der Waals surface area (Å²) >= 11 is 0. The van der Waals surface area contributed by atoms with Crippen molar-refractivity contribution in [1.82, 2.24) is 4.90 Å². The molecule has 0 N–H and O–H groups in total. The second-order valence-electron chi connectivity index (χ2n) is 5.11. The van der Waals surface area contributed by atoms with E-state index in [0.717, 1.165) is 19.6 Å². The molecule has 0 amide bonds. The van der Waals surface area contributed by atoms with E-state index in [4.69, 9.17) is 0 Å². The van der Waals surface area contributed by atoms with E-state index < -0.39 is 0 Å². The Balaban J connectivity index is 1.80.